The second-order valence-corrected chi connectivity index (χ2v) is 4.73. The maximum absolute atomic E-state index is 13.5. The van der Waals surface area contributed by atoms with Crippen LogP contribution in [0.1, 0.15) is 12.5 Å². The lowest BCUT2D eigenvalue weighted by atomic mass is 9.94. The van der Waals surface area contributed by atoms with Crippen molar-refractivity contribution in [2.75, 3.05) is 24.6 Å². The number of halogens is 1. The molecule has 0 bridgehead atoms. The number of rotatable bonds is 4. The molecule has 0 aromatic heterocycles. The molecule has 0 radical (unpaired) electrons. The molecule has 1 fully saturated rings. The van der Waals surface area contributed by atoms with Gasteiger partial charge in [0.1, 0.15) is 29.7 Å². The van der Waals surface area contributed by atoms with E-state index in [0.29, 0.717) is 18.8 Å². The van der Waals surface area contributed by atoms with Crippen LogP contribution in [0, 0.1) is 17.1 Å². The molecule has 0 spiro atoms. The SMILES string of the molecule is CC1(OCC(=O)O)CN(c2cccc(F)c2C#N)C1. The lowest BCUT2D eigenvalue weighted by molar-refractivity contribution is -0.150. The Hall–Kier alpha value is -2.13. The number of nitriles is 1. The van der Waals surface area contributed by atoms with Gasteiger partial charge < -0.3 is 14.7 Å². The molecule has 19 heavy (non-hydrogen) atoms. The van der Waals surface area contributed by atoms with Gasteiger partial charge in [-0.2, -0.15) is 5.26 Å². The van der Waals surface area contributed by atoms with Crippen LogP contribution in [0.25, 0.3) is 0 Å². The number of carbonyl (C=O) groups is 1. The molecule has 6 heteroatoms. The quantitative estimate of drug-likeness (QED) is 0.889. The van der Waals surface area contributed by atoms with E-state index in [-0.39, 0.29) is 12.2 Å². The smallest absolute Gasteiger partial charge is 0.329 e. The monoisotopic (exact) mass is 264 g/mol. The molecular formula is C13H13FN2O3. The van der Waals surface area contributed by atoms with Crippen LogP contribution in [0.3, 0.4) is 0 Å². The van der Waals surface area contributed by atoms with Crippen LogP contribution < -0.4 is 4.90 Å². The highest BCUT2D eigenvalue weighted by atomic mass is 19.1. The molecule has 0 atom stereocenters. The Bertz CT molecular complexity index is 547. The van der Waals surface area contributed by atoms with Crippen molar-refractivity contribution < 1.29 is 19.0 Å². The molecule has 0 saturated carbocycles. The topological polar surface area (TPSA) is 73.6 Å². The number of hydrogen-bond donors (Lipinski definition) is 1. The minimum atomic E-state index is -1.02. The van der Waals surface area contributed by atoms with Crippen molar-refractivity contribution >= 4 is 11.7 Å². The van der Waals surface area contributed by atoms with E-state index in [9.17, 15) is 9.18 Å². The van der Waals surface area contributed by atoms with Crippen molar-refractivity contribution in [1.29, 1.82) is 5.26 Å². The predicted octanol–water partition coefficient (Wildman–Crippen LogP) is 1.38. The van der Waals surface area contributed by atoms with Crippen molar-refractivity contribution in [2.45, 2.75) is 12.5 Å². The number of carboxylic acids is 1. The number of carboxylic acid groups (broad SMARTS) is 1. The normalized spacial score (nSPS) is 16.6. The molecule has 1 aromatic rings. The first-order chi connectivity index (χ1) is 8.95. The lowest BCUT2D eigenvalue weighted by Crippen LogP contribution is -2.62. The summed E-state index contributed by atoms with van der Waals surface area (Å²) in [7, 11) is 0. The molecule has 2 rings (SSSR count). The summed E-state index contributed by atoms with van der Waals surface area (Å²) >= 11 is 0. The van der Waals surface area contributed by atoms with Crippen molar-refractivity contribution in [1.82, 2.24) is 0 Å². The molecule has 0 amide bonds. The fourth-order valence-corrected chi connectivity index (χ4v) is 2.15. The van der Waals surface area contributed by atoms with Gasteiger partial charge in [-0.15, -0.1) is 0 Å². The molecule has 0 aliphatic carbocycles. The molecule has 1 heterocycles. The number of anilines is 1. The third-order valence-electron chi connectivity index (χ3n) is 3.04. The summed E-state index contributed by atoms with van der Waals surface area (Å²) in [5.74, 6) is -1.58. The van der Waals surface area contributed by atoms with E-state index in [2.05, 4.69) is 0 Å². The van der Waals surface area contributed by atoms with Crippen LogP contribution in [0.2, 0.25) is 0 Å². The van der Waals surface area contributed by atoms with E-state index in [0.717, 1.165) is 0 Å². The Kier molecular flexibility index (Phi) is 3.40. The van der Waals surface area contributed by atoms with E-state index in [4.69, 9.17) is 15.1 Å². The van der Waals surface area contributed by atoms with Gasteiger partial charge in [0.15, 0.2) is 0 Å². The molecule has 1 N–H and O–H groups in total. The molecule has 5 nitrogen and oxygen atoms in total. The molecule has 1 saturated heterocycles. The first kappa shape index (κ1) is 13.3. The molecule has 1 aliphatic heterocycles. The Morgan fingerprint density at radius 3 is 2.89 bits per heavy atom. The van der Waals surface area contributed by atoms with Crippen LogP contribution in [-0.2, 0) is 9.53 Å². The zero-order chi connectivity index (χ0) is 14.0. The lowest BCUT2D eigenvalue weighted by Gasteiger charge is -2.48. The summed E-state index contributed by atoms with van der Waals surface area (Å²) in [6.07, 6.45) is 0. The fraction of sp³-hybridized carbons (Fsp3) is 0.385. The van der Waals surface area contributed by atoms with Crippen LogP contribution in [0.5, 0.6) is 0 Å². The van der Waals surface area contributed by atoms with Gasteiger partial charge in [-0.05, 0) is 19.1 Å². The minimum Gasteiger partial charge on any atom is -0.480 e. The summed E-state index contributed by atoms with van der Waals surface area (Å²) in [4.78, 5) is 12.2. The Morgan fingerprint density at radius 1 is 1.63 bits per heavy atom. The van der Waals surface area contributed by atoms with E-state index < -0.39 is 17.4 Å². The zero-order valence-corrected chi connectivity index (χ0v) is 10.4. The number of ether oxygens (including phenoxy) is 1. The Balaban J connectivity index is 2.07. The maximum atomic E-state index is 13.5. The maximum Gasteiger partial charge on any atom is 0.329 e. The van der Waals surface area contributed by atoms with Crippen LogP contribution in [-0.4, -0.2) is 36.4 Å². The number of nitrogens with zero attached hydrogens (tertiary/aromatic N) is 2. The van der Waals surface area contributed by atoms with Gasteiger partial charge in [-0.3, -0.25) is 0 Å². The van der Waals surface area contributed by atoms with Crippen molar-refractivity contribution in [3.8, 4) is 6.07 Å². The first-order valence-electron chi connectivity index (χ1n) is 5.74. The third-order valence-corrected chi connectivity index (χ3v) is 3.04. The van der Waals surface area contributed by atoms with Gasteiger partial charge in [-0.25, -0.2) is 9.18 Å². The van der Waals surface area contributed by atoms with Gasteiger partial charge in [0, 0.05) is 13.1 Å². The van der Waals surface area contributed by atoms with Crippen LogP contribution in [0.15, 0.2) is 18.2 Å². The molecule has 0 unspecified atom stereocenters. The molecule has 1 aromatic carbocycles. The largest absolute Gasteiger partial charge is 0.480 e. The second-order valence-electron chi connectivity index (χ2n) is 4.73. The summed E-state index contributed by atoms with van der Waals surface area (Å²) in [5.41, 5.74) is -0.0565. The summed E-state index contributed by atoms with van der Waals surface area (Å²) < 4.78 is 18.7. The van der Waals surface area contributed by atoms with Gasteiger partial charge in [0.2, 0.25) is 0 Å². The van der Waals surface area contributed by atoms with Gasteiger partial charge >= 0.3 is 5.97 Å². The van der Waals surface area contributed by atoms with E-state index >= 15 is 0 Å². The highest BCUT2D eigenvalue weighted by molar-refractivity contribution is 5.68. The Morgan fingerprint density at radius 2 is 2.32 bits per heavy atom. The molecule has 1 aliphatic rings. The highest BCUT2D eigenvalue weighted by Gasteiger charge is 2.41. The molecule has 100 valence electrons. The Labute approximate surface area is 109 Å². The third kappa shape index (κ3) is 2.66. The van der Waals surface area contributed by atoms with Crippen LogP contribution in [0.4, 0.5) is 10.1 Å². The van der Waals surface area contributed by atoms with Gasteiger partial charge in [0.25, 0.3) is 0 Å². The number of benzene rings is 1. The van der Waals surface area contributed by atoms with Crippen molar-refractivity contribution in [2.24, 2.45) is 0 Å². The van der Waals surface area contributed by atoms with Crippen LogP contribution >= 0.6 is 0 Å². The van der Waals surface area contributed by atoms with Crippen molar-refractivity contribution in [3.63, 3.8) is 0 Å². The van der Waals surface area contributed by atoms with E-state index in [1.54, 1.807) is 24.0 Å². The number of hydrogen-bond acceptors (Lipinski definition) is 4. The molecular weight excluding hydrogens is 251 g/mol. The minimum absolute atomic E-state index is 0.00258. The van der Waals surface area contributed by atoms with Gasteiger partial charge in [0.05, 0.1) is 5.69 Å². The van der Waals surface area contributed by atoms with E-state index in [1.165, 1.54) is 6.07 Å². The average Bonchev–Trinajstić information content (AvgIpc) is 2.32. The first-order valence-corrected chi connectivity index (χ1v) is 5.74. The van der Waals surface area contributed by atoms with Gasteiger partial charge in [-0.1, -0.05) is 6.07 Å². The summed E-state index contributed by atoms with van der Waals surface area (Å²) in [6, 6.07) is 6.28. The summed E-state index contributed by atoms with van der Waals surface area (Å²) in [5, 5.41) is 17.5. The fourth-order valence-electron chi connectivity index (χ4n) is 2.15. The van der Waals surface area contributed by atoms with Crippen molar-refractivity contribution in [3.05, 3.63) is 29.6 Å². The predicted molar refractivity (Wildman–Crippen MR) is 65.3 cm³/mol. The zero-order valence-electron chi connectivity index (χ0n) is 10.4. The summed E-state index contributed by atoms with van der Waals surface area (Å²) in [6.45, 7) is 2.28. The highest BCUT2D eigenvalue weighted by Crippen LogP contribution is 2.33. The number of aliphatic carboxylic acids is 1. The standard InChI is InChI=1S/C13H13FN2O3/c1-13(19-6-12(17)18)7-16(8-13)11-4-2-3-10(14)9(11)5-15/h2-4H,6-8H2,1H3,(H,17,18). The second kappa shape index (κ2) is 4.86. The van der Waals surface area contributed by atoms with E-state index in [1.807, 2.05) is 6.07 Å². The average molecular weight is 264 g/mol.